The lowest BCUT2D eigenvalue weighted by Gasteiger charge is -2.29. The van der Waals surface area contributed by atoms with Gasteiger partial charge in [0.05, 0.1) is 11.6 Å². The van der Waals surface area contributed by atoms with Crippen LogP contribution in [0.15, 0.2) is 27.9 Å². The summed E-state index contributed by atoms with van der Waals surface area (Å²) in [4.78, 5) is 24.9. The molecule has 0 unspecified atom stereocenters. The Morgan fingerprint density at radius 2 is 1.92 bits per heavy atom. The first-order valence-corrected chi connectivity index (χ1v) is 9.40. The van der Waals surface area contributed by atoms with E-state index in [-0.39, 0.29) is 18.9 Å². The van der Waals surface area contributed by atoms with Crippen molar-refractivity contribution in [1.82, 2.24) is 10.6 Å². The lowest BCUT2D eigenvalue weighted by Crippen LogP contribution is -2.45. The number of halogens is 1. The number of carbonyl (C=O) groups excluding carboxylic acids is 2. The fourth-order valence-electron chi connectivity index (χ4n) is 3.57. The van der Waals surface area contributed by atoms with Gasteiger partial charge in [-0.1, -0.05) is 15.9 Å². The van der Waals surface area contributed by atoms with Gasteiger partial charge in [0.1, 0.15) is 6.10 Å². The van der Waals surface area contributed by atoms with E-state index in [9.17, 15) is 9.59 Å². The highest BCUT2D eigenvalue weighted by molar-refractivity contribution is 9.10. The number of urea groups is 1. The zero-order chi connectivity index (χ0) is 18.3. The molecule has 1 fully saturated rings. The van der Waals surface area contributed by atoms with E-state index in [1.165, 1.54) is 0 Å². The molecule has 2 N–H and O–H groups in total. The number of fused-ring (bicyclic) bond motifs is 1. The van der Waals surface area contributed by atoms with Gasteiger partial charge in [0.15, 0.2) is 11.5 Å². The fourth-order valence-corrected chi connectivity index (χ4v) is 4.12. The van der Waals surface area contributed by atoms with Gasteiger partial charge < -0.3 is 24.8 Å². The highest BCUT2D eigenvalue weighted by atomic mass is 79.9. The molecule has 1 aromatic rings. The Labute approximate surface area is 159 Å². The summed E-state index contributed by atoms with van der Waals surface area (Å²) in [7, 11) is 0. The first-order valence-electron chi connectivity index (χ1n) is 8.61. The van der Waals surface area contributed by atoms with Crippen molar-refractivity contribution in [1.29, 1.82) is 0 Å². The SMILES string of the molecule is CC1=C(C(=O)OC2CCCC2)[C@@H](c2cc3c(cc2Br)OCO3)NC(=O)N1. The Hall–Kier alpha value is -2.22. The van der Waals surface area contributed by atoms with Crippen LogP contribution in [0.5, 0.6) is 11.5 Å². The summed E-state index contributed by atoms with van der Waals surface area (Å²) >= 11 is 3.51. The maximum absolute atomic E-state index is 12.9. The quantitative estimate of drug-likeness (QED) is 0.729. The van der Waals surface area contributed by atoms with Crippen LogP contribution in [0.4, 0.5) is 4.79 Å². The minimum atomic E-state index is -0.637. The highest BCUT2D eigenvalue weighted by Gasteiger charge is 2.35. The number of hydrogen-bond acceptors (Lipinski definition) is 5. The third-order valence-corrected chi connectivity index (χ3v) is 5.55. The van der Waals surface area contributed by atoms with Gasteiger partial charge in [-0.2, -0.15) is 0 Å². The summed E-state index contributed by atoms with van der Waals surface area (Å²) < 4.78 is 17.2. The molecule has 2 aliphatic heterocycles. The van der Waals surface area contributed by atoms with E-state index >= 15 is 0 Å². The van der Waals surface area contributed by atoms with Gasteiger partial charge in [-0.15, -0.1) is 0 Å². The fraction of sp³-hybridized carbons (Fsp3) is 0.444. The van der Waals surface area contributed by atoms with Gasteiger partial charge in [0, 0.05) is 10.2 Å². The maximum Gasteiger partial charge on any atom is 0.338 e. The highest BCUT2D eigenvalue weighted by Crippen LogP contribution is 2.41. The number of carbonyl (C=O) groups is 2. The predicted octanol–water partition coefficient (Wildman–Crippen LogP) is 3.29. The van der Waals surface area contributed by atoms with E-state index in [1.807, 2.05) is 0 Å². The van der Waals surface area contributed by atoms with E-state index in [0.29, 0.717) is 32.8 Å². The minimum absolute atomic E-state index is 0.0544. The molecule has 4 rings (SSSR count). The molecule has 1 saturated carbocycles. The van der Waals surface area contributed by atoms with Crippen LogP contribution in [0.1, 0.15) is 44.2 Å². The van der Waals surface area contributed by atoms with Gasteiger partial charge in [-0.05, 0) is 50.3 Å². The van der Waals surface area contributed by atoms with Crippen molar-refractivity contribution >= 4 is 27.9 Å². The largest absolute Gasteiger partial charge is 0.459 e. The second-order valence-corrected chi connectivity index (χ2v) is 7.46. The summed E-state index contributed by atoms with van der Waals surface area (Å²) in [6.45, 7) is 1.85. The topological polar surface area (TPSA) is 85.9 Å². The normalized spacial score (nSPS) is 22.2. The Morgan fingerprint density at radius 3 is 2.65 bits per heavy atom. The molecule has 7 nitrogen and oxygen atoms in total. The van der Waals surface area contributed by atoms with Gasteiger partial charge in [0.2, 0.25) is 6.79 Å². The third kappa shape index (κ3) is 3.13. The molecule has 1 atom stereocenters. The number of allylic oxidation sites excluding steroid dienone is 1. The summed E-state index contributed by atoms with van der Waals surface area (Å²) in [5, 5.41) is 5.48. The van der Waals surface area contributed by atoms with Crippen molar-refractivity contribution in [2.45, 2.75) is 44.8 Å². The Balaban J connectivity index is 1.69. The zero-order valence-corrected chi connectivity index (χ0v) is 15.9. The number of hydrogen-bond donors (Lipinski definition) is 2. The van der Waals surface area contributed by atoms with Gasteiger partial charge in [-0.25, -0.2) is 9.59 Å². The molecule has 0 radical (unpaired) electrons. The van der Waals surface area contributed by atoms with Crippen LogP contribution in [0.2, 0.25) is 0 Å². The van der Waals surface area contributed by atoms with E-state index < -0.39 is 12.0 Å². The van der Waals surface area contributed by atoms with Crippen LogP contribution in [0.3, 0.4) is 0 Å². The van der Waals surface area contributed by atoms with Crippen molar-refractivity contribution in [3.05, 3.63) is 33.4 Å². The van der Waals surface area contributed by atoms with Gasteiger partial charge in [0.25, 0.3) is 0 Å². The van der Waals surface area contributed by atoms with Crippen LogP contribution in [0, 0.1) is 0 Å². The first kappa shape index (κ1) is 17.2. The number of ether oxygens (including phenoxy) is 3. The summed E-state index contributed by atoms with van der Waals surface area (Å²) in [5.74, 6) is 0.797. The molecule has 138 valence electrons. The van der Waals surface area contributed by atoms with Crippen LogP contribution in [0.25, 0.3) is 0 Å². The van der Waals surface area contributed by atoms with Crippen LogP contribution < -0.4 is 20.1 Å². The van der Waals surface area contributed by atoms with Crippen molar-refractivity contribution < 1.29 is 23.8 Å². The van der Waals surface area contributed by atoms with E-state index in [1.54, 1.807) is 19.1 Å². The molecule has 0 bridgehead atoms. The van der Waals surface area contributed by atoms with Crippen LogP contribution in [-0.4, -0.2) is 24.9 Å². The van der Waals surface area contributed by atoms with E-state index in [4.69, 9.17) is 14.2 Å². The number of esters is 1. The number of benzene rings is 1. The second-order valence-electron chi connectivity index (χ2n) is 6.61. The third-order valence-electron chi connectivity index (χ3n) is 4.87. The second kappa shape index (κ2) is 6.83. The first-order chi connectivity index (χ1) is 12.5. The average molecular weight is 423 g/mol. The molecule has 26 heavy (non-hydrogen) atoms. The Bertz CT molecular complexity index is 801. The minimum Gasteiger partial charge on any atom is -0.459 e. The Kier molecular flexibility index (Phi) is 4.52. The monoisotopic (exact) mass is 422 g/mol. The molecule has 2 amide bonds. The molecule has 0 spiro atoms. The van der Waals surface area contributed by atoms with E-state index in [0.717, 1.165) is 25.7 Å². The molecule has 2 heterocycles. The van der Waals surface area contributed by atoms with Crippen molar-refractivity contribution in [3.8, 4) is 11.5 Å². The van der Waals surface area contributed by atoms with Gasteiger partial charge >= 0.3 is 12.0 Å². The summed E-state index contributed by atoms with van der Waals surface area (Å²) in [6, 6.07) is 2.55. The van der Waals surface area contributed by atoms with Crippen molar-refractivity contribution in [2.24, 2.45) is 0 Å². The zero-order valence-electron chi connectivity index (χ0n) is 14.3. The number of rotatable bonds is 3. The molecule has 0 saturated heterocycles. The standard InChI is InChI=1S/C18H19BrN2O5/c1-9-15(17(22)26-10-4-2-3-5-10)16(21-18(23)20-9)11-6-13-14(7-12(11)19)25-8-24-13/h6-7,10,16H,2-5,8H2,1H3,(H2,20,21,23)/t16-/m1/s1. The molecule has 3 aliphatic rings. The lowest BCUT2D eigenvalue weighted by atomic mass is 9.95. The number of nitrogens with one attached hydrogen (secondary N) is 2. The van der Waals surface area contributed by atoms with Crippen molar-refractivity contribution in [2.75, 3.05) is 6.79 Å². The maximum atomic E-state index is 12.9. The van der Waals surface area contributed by atoms with Crippen molar-refractivity contribution in [3.63, 3.8) is 0 Å². The van der Waals surface area contributed by atoms with Crippen LogP contribution >= 0.6 is 15.9 Å². The summed E-state index contributed by atoms with van der Waals surface area (Å²) in [5.41, 5.74) is 1.60. The molecule has 0 aromatic heterocycles. The predicted molar refractivity (Wildman–Crippen MR) is 95.7 cm³/mol. The molecule has 8 heteroatoms. The summed E-state index contributed by atoms with van der Waals surface area (Å²) in [6.07, 6.45) is 3.86. The number of amides is 2. The molecule has 1 aromatic carbocycles. The molecular weight excluding hydrogens is 404 g/mol. The lowest BCUT2D eigenvalue weighted by molar-refractivity contribution is -0.144. The van der Waals surface area contributed by atoms with Gasteiger partial charge in [-0.3, -0.25) is 0 Å². The van der Waals surface area contributed by atoms with Crippen LogP contribution in [-0.2, 0) is 9.53 Å². The molecular formula is C18H19BrN2O5. The Morgan fingerprint density at radius 1 is 1.23 bits per heavy atom. The van der Waals surface area contributed by atoms with E-state index in [2.05, 4.69) is 26.6 Å². The molecule has 1 aliphatic carbocycles. The smallest absolute Gasteiger partial charge is 0.338 e. The average Bonchev–Trinajstić information content (AvgIpc) is 3.24.